The Morgan fingerprint density at radius 2 is 1.53 bits per heavy atom. The van der Waals surface area contributed by atoms with E-state index in [0.717, 1.165) is 47.3 Å². The van der Waals surface area contributed by atoms with E-state index in [1.54, 1.807) is 30.3 Å². The Balaban J connectivity index is 0.000000220. The zero-order valence-electron chi connectivity index (χ0n) is 23.0. The summed E-state index contributed by atoms with van der Waals surface area (Å²) in [6.07, 6.45) is 3.96. The second-order valence-electron chi connectivity index (χ2n) is 10.3. The second-order valence-corrected chi connectivity index (χ2v) is 13.0. The smallest absolute Gasteiger partial charge is 0.312 e. The van der Waals surface area contributed by atoms with Crippen LogP contribution in [0.15, 0.2) is 94.9 Å². The molecule has 0 bridgehead atoms. The molecule has 0 aliphatic carbocycles. The SMILES string of the molecule is O=C(N[NH+]1CCCCC1)C1=NN(c2ccc(Cl)cc2Cl)[C@@H](c2ccc(Cl)cc2)C1.O=S(=O)([O-])c1ccc2ccccc2c1. The number of nitrogens with zero attached hydrogens (tertiary/aromatic N) is 2. The minimum Gasteiger partial charge on any atom is -0.744 e. The van der Waals surface area contributed by atoms with Crippen LogP contribution in [-0.4, -0.2) is 37.7 Å². The van der Waals surface area contributed by atoms with E-state index in [-0.39, 0.29) is 16.8 Å². The first-order valence-electron chi connectivity index (χ1n) is 13.8. The fourth-order valence-electron chi connectivity index (χ4n) is 5.14. The van der Waals surface area contributed by atoms with Gasteiger partial charge in [-0.1, -0.05) is 77.3 Å². The summed E-state index contributed by atoms with van der Waals surface area (Å²) in [6, 6.07) is 24.3. The molecule has 1 amide bonds. The van der Waals surface area contributed by atoms with Gasteiger partial charge in [0.1, 0.15) is 15.8 Å². The normalized spacial score (nSPS) is 17.3. The lowest BCUT2D eigenvalue weighted by Gasteiger charge is -2.25. The number of rotatable bonds is 5. The standard InChI is InChI=1S/C21H21Cl3N4O.C10H8O3S/c22-15-6-4-14(5-7-15)20-13-18(21(29)26-27-10-2-1-3-11-27)25-28(20)19-9-8-16(23)12-17(19)24;11-14(12,13)10-6-5-8-3-1-2-4-9(8)7-10/h4-9,12,20H,1-3,10-11,13H2,(H,26,29);1-7H,(H,11,12,13)/t20-;/m1./s1. The van der Waals surface area contributed by atoms with E-state index in [9.17, 15) is 17.8 Å². The predicted molar refractivity (Wildman–Crippen MR) is 170 cm³/mol. The summed E-state index contributed by atoms with van der Waals surface area (Å²) in [5.74, 6) is -0.131. The van der Waals surface area contributed by atoms with Crippen LogP contribution in [0, 0.1) is 0 Å². The lowest BCUT2D eigenvalue weighted by Crippen LogP contribution is -3.20. The monoisotopic (exact) mass is 658 g/mol. The van der Waals surface area contributed by atoms with E-state index in [0.29, 0.717) is 32.9 Å². The van der Waals surface area contributed by atoms with Gasteiger partial charge in [-0.15, -0.1) is 0 Å². The molecule has 224 valence electrons. The average Bonchev–Trinajstić information content (AvgIpc) is 3.43. The molecule has 8 nitrogen and oxygen atoms in total. The fraction of sp³-hybridized carbons (Fsp3) is 0.226. The summed E-state index contributed by atoms with van der Waals surface area (Å²) >= 11 is 18.6. The number of piperidine rings is 1. The van der Waals surface area contributed by atoms with Gasteiger partial charge in [-0.2, -0.15) is 10.5 Å². The molecule has 2 heterocycles. The van der Waals surface area contributed by atoms with Crippen LogP contribution >= 0.6 is 34.8 Å². The lowest BCUT2D eigenvalue weighted by molar-refractivity contribution is -0.940. The van der Waals surface area contributed by atoms with Gasteiger partial charge in [0.05, 0.1) is 34.7 Å². The van der Waals surface area contributed by atoms with E-state index in [1.165, 1.54) is 18.6 Å². The van der Waals surface area contributed by atoms with E-state index >= 15 is 0 Å². The number of hydrogen-bond donors (Lipinski definition) is 2. The Bertz CT molecular complexity index is 1760. The zero-order valence-corrected chi connectivity index (χ0v) is 26.1. The van der Waals surface area contributed by atoms with Gasteiger partial charge < -0.3 is 4.55 Å². The van der Waals surface area contributed by atoms with Gasteiger partial charge in [-0.25, -0.2) is 13.4 Å². The molecular formula is C31H29Cl3N4O4S. The summed E-state index contributed by atoms with van der Waals surface area (Å²) in [4.78, 5) is 12.7. The maximum atomic E-state index is 12.9. The molecule has 4 aromatic rings. The molecule has 0 radical (unpaired) electrons. The number of carbonyl (C=O) groups is 1. The molecule has 43 heavy (non-hydrogen) atoms. The maximum Gasteiger partial charge on any atom is 0.312 e. The highest BCUT2D eigenvalue weighted by Crippen LogP contribution is 2.39. The van der Waals surface area contributed by atoms with E-state index in [1.807, 2.05) is 47.5 Å². The van der Waals surface area contributed by atoms with Crippen molar-refractivity contribution in [2.45, 2.75) is 36.6 Å². The van der Waals surface area contributed by atoms with E-state index in [2.05, 4.69) is 10.5 Å². The third kappa shape index (κ3) is 7.86. The summed E-state index contributed by atoms with van der Waals surface area (Å²) in [5, 5.41) is 10.9. The molecule has 0 saturated carbocycles. The lowest BCUT2D eigenvalue weighted by atomic mass is 10.0. The second kappa shape index (κ2) is 13.6. The van der Waals surface area contributed by atoms with Crippen LogP contribution in [-0.2, 0) is 14.9 Å². The Hall–Kier alpha value is -3.18. The number of halogens is 3. The number of quaternary nitrogens is 1. The van der Waals surface area contributed by atoms with Gasteiger partial charge in [-0.3, -0.25) is 9.80 Å². The van der Waals surface area contributed by atoms with Crippen molar-refractivity contribution in [3.63, 3.8) is 0 Å². The molecule has 2 N–H and O–H groups in total. The van der Waals surface area contributed by atoms with Crippen LogP contribution in [0.2, 0.25) is 15.1 Å². The first-order chi connectivity index (χ1) is 20.6. The van der Waals surface area contributed by atoms with Gasteiger partial charge in [-0.05, 0) is 78.1 Å². The van der Waals surface area contributed by atoms with E-state index in [4.69, 9.17) is 34.8 Å². The molecule has 6 rings (SSSR count). The van der Waals surface area contributed by atoms with Crippen LogP contribution in [0.25, 0.3) is 10.8 Å². The molecule has 0 aromatic heterocycles. The summed E-state index contributed by atoms with van der Waals surface area (Å²) in [5.41, 5.74) is 5.30. The van der Waals surface area contributed by atoms with Gasteiger partial charge in [0, 0.05) is 16.5 Å². The van der Waals surface area contributed by atoms with Crippen molar-refractivity contribution in [2.24, 2.45) is 5.10 Å². The van der Waals surface area contributed by atoms with Crippen LogP contribution in [0.4, 0.5) is 5.69 Å². The largest absolute Gasteiger partial charge is 0.744 e. The average molecular weight is 660 g/mol. The molecule has 2 aliphatic rings. The van der Waals surface area contributed by atoms with Crippen LogP contribution < -0.4 is 15.4 Å². The Labute approximate surface area is 265 Å². The number of carbonyl (C=O) groups excluding carboxylic acids is 1. The van der Waals surface area contributed by atoms with Crippen molar-refractivity contribution in [3.8, 4) is 0 Å². The summed E-state index contributed by atoms with van der Waals surface area (Å²) in [7, 11) is -4.34. The number of nitrogens with one attached hydrogen (secondary N) is 2. The first-order valence-corrected chi connectivity index (χ1v) is 16.3. The zero-order chi connectivity index (χ0) is 30.6. The van der Waals surface area contributed by atoms with Crippen molar-refractivity contribution in [2.75, 3.05) is 18.1 Å². The van der Waals surface area contributed by atoms with Crippen molar-refractivity contribution >= 4 is 73.0 Å². The van der Waals surface area contributed by atoms with Crippen molar-refractivity contribution in [3.05, 3.63) is 106 Å². The molecular weight excluding hydrogens is 631 g/mol. The molecule has 0 spiro atoms. The number of fused-ring (bicyclic) bond motifs is 1. The molecule has 1 fully saturated rings. The van der Waals surface area contributed by atoms with Crippen LogP contribution in [0.5, 0.6) is 0 Å². The molecule has 0 unspecified atom stereocenters. The third-order valence-electron chi connectivity index (χ3n) is 7.34. The number of anilines is 1. The molecule has 1 saturated heterocycles. The van der Waals surface area contributed by atoms with Crippen molar-refractivity contribution < 1.29 is 22.8 Å². The minimum absolute atomic E-state index is 0.131. The van der Waals surface area contributed by atoms with Gasteiger partial charge in [0.25, 0.3) is 0 Å². The molecule has 2 aliphatic heterocycles. The van der Waals surface area contributed by atoms with Crippen LogP contribution in [0.1, 0.15) is 37.3 Å². The van der Waals surface area contributed by atoms with Crippen molar-refractivity contribution in [1.29, 1.82) is 0 Å². The predicted octanol–water partition coefficient (Wildman–Crippen LogP) is 5.80. The molecule has 4 aromatic carbocycles. The Kier molecular flexibility index (Phi) is 9.91. The number of hydrazone groups is 1. The van der Waals surface area contributed by atoms with Gasteiger partial charge >= 0.3 is 5.91 Å². The Morgan fingerprint density at radius 3 is 2.21 bits per heavy atom. The van der Waals surface area contributed by atoms with Crippen molar-refractivity contribution in [1.82, 2.24) is 5.43 Å². The highest BCUT2D eigenvalue weighted by atomic mass is 35.5. The minimum atomic E-state index is -4.34. The van der Waals surface area contributed by atoms with Gasteiger partial charge in [0.2, 0.25) is 0 Å². The Morgan fingerprint density at radius 1 is 0.860 bits per heavy atom. The summed E-state index contributed by atoms with van der Waals surface area (Å²) < 4.78 is 32.2. The highest BCUT2D eigenvalue weighted by Gasteiger charge is 2.34. The number of hydrogen-bond acceptors (Lipinski definition) is 6. The molecule has 1 atom stereocenters. The fourth-order valence-corrected chi connectivity index (χ4v) is 6.27. The summed E-state index contributed by atoms with van der Waals surface area (Å²) in [6.45, 7) is 1.90. The number of benzene rings is 4. The first kappa shape index (κ1) is 31.3. The third-order valence-corrected chi connectivity index (χ3v) is 8.96. The quantitative estimate of drug-likeness (QED) is 0.264. The molecule has 12 heteroatoms. The highest BCUT2D eigenvalue weighted by molar-refractivity contribution is 7.85. The maximum absolute atomic E-state index is 12.9. The topological polar surface area (TPSA) is 106 Å². The van der Waals surface area contributed by atoms with E-state index < -0.39 is 10.1 Å². The van der Waals surface area contributed by atoms with Crippen LogP contribution in [0.3, 0.4) is 0 Å². The number of amides is 1. The van der Waals surface area contributed by atoms with Gasteiger partial charge in [0.15, 0.2) is 0 Å².